The summed E-state index contributed by atoms with van der Waals surface area (Å²) in [5.74, 6) is 0. The maximum Gasteiger partial charge on any atom is 0.115 e. The zero-order valence-electron chi connectivity index (χ0n) is 8.32. The second-order valence-corrected chi connectivity index (χ2v) is 5.57. The van der Waals surface area contributed by atoms with Crippen LogP contribution in [0.1, 0.15) is 39.5 Å². The predicted molar refractivity (Wildman–Crippen MR) is 56.0 cm³/mol. The summed E-state index contributed by atoms with van der Waals surface area (Å²) in [6.07, 6.45) is 3.75. The van der Waals surface area contributed by atoms with Crippen LogP contribution in [0.4, 0.5) is 0 Å². The quantitative estimate of drug-likeness (QED) is 0.469. The molecule has 0 amide bonds. The third-order valence-corrected chi connectivity index (χ3v) is 3.12. The van der Waals surface area contributed by atoms with Gasteiger partial charge in [0.2, 0.25) is 0 Å². The zero-order chi connectivity index (χ0) is 10.2. The Bertz CT molecular complexity index is 149. The van der Waals surface area contributed by atoms with E-state index in [-0.39, 0.29) is 0 Å². The summed E-state index contributed by atoms with van der Waals surface area (Å²) in [6.45, 7) is 1.77. The summed E-state index contributed by atoms with van der Waals surface area (Å²) in [5.41, 5.74) is 0. The van der Waals surface area contributed by atoms with Crippen molar-refractivity contribution in [3.05, 3.63) is 0 Å². The molecule has 0 aliphatic heterocycles. The minimum Gasteiger partial charge on any atom is -0.780 e. The first-order valence-corrected chi connectivity index (χ1v) is 7.28. The monoisotopic (exact) mass is 225 g/mol. The van der Waals surface area contributed by atoms with Gasteiger partial charge >= 0.3 is 0 Å². The van der Waals surface area contributed by atoms with E-state index in [1.54, 1.807) is 0 Å². The van der Waals surface area contributed by atoms with Crippen LogP contribution in [-0.4, -0.2) is 13.2 Å². The van der Waals surface area contributed by atoms with Crippen molar-refractivity contribution in [1.29, 1.82) is 0 Å². The molecule has 0 rings (SSSR count). The minimum absolute atomic E-state index is 0.434. The number of hydrogen-bond donors (Lipinski definition) is 0. The fourth-order valence-corrected chi connectivity index (χ4v) is 1.91. The van der Waals surface area contributed by atoms with Crippen LogP contribution in [0.5, 0.6) is 0 Å². The molecule has 0 aromatic rings. The van der Waals surface area contributed by atoms with Crippen LogP contribution in [0.2, 0.25) is 0 Å². The van der Waals surface area contributed by atoms with Crippen LogP contribution >= 0.6 is 6.72 Å². The van der Waals surface area contributed by atoms with Crippen LogP contribution in [-0.2, 0) is 20.9 Å². The van der Waals surface area contributed by atoms with E-state index in [0.717, 1.165) is 25.7 Å². The second-order valence-electron chi connectivity index (χ2n) is 2.82. The van der Waals surface area contributed by atoms with E-state index in [1.807, 2.05) is 13.8 Å². The fraction of sp³-hybridized carbons (Fsp3) is 1.00. The molecule has 0 radical (unpaired) electrons. The molecule has 0 heterocycles. The molecule has 0 aliphatic rings. The van der Waals surface area contributed by atoms with E-state index in [4.69, 9.17) is 9.05 Å². The van der Waals surface area contributed by atoms with Gasteiger partial charge in [-0.2, -0.15) is 0 Å². The lowest BCUT2D eigenvalue weighted by Gasteiger charge is -2.27. The van der Waals surface area contributed by atoms with Gasteiger partial charge in [0.25, 0.3) is 0 Å². The topological polar surface area (TPSA) is 41.5 Å². The average Bonchev–Trinajstić information content (AvgIpc) is 2.05. The zero-order valence-corrected chi connectivity index (χ0v) is 10.0. The van der Waals surface area contributed by atoms with E-state index in [0.29, 0.717) is 13.2 Å². The Morgan fingerprint density at radius 3 is 1.77 bits per heavy atom. The van der Waals surface area contributed by atoms with Crippen LogP contribution in [0.15, 0.2) is 0 Å². The Labute approximate surface area is 85.7 Å². The van der Waals surface area contributed by atoms with Gasteiger partial charge in [-0.25, -0.2) is 0 Å². The van der Waals surface area contributed by atoms with Gasteiger partial charge < -0.3 is 13.9 Å². The van der Waals surface area contributed by atoms with Gasteiger partial charge in [0.15, 0.2) is 0 Å². The lowest BCUT2D eigenvalue weighted by atomic mass is 10.4. The molecule has 0 saturated carbocycles. The molecule has 3 nitrogen and oxygen atoms in total. The highest BCUT2D eigenvalue weighted by Crippen LogP contribution is 2.38. The van der Waals surface area contributed by atoms with Crippen molar-refractivity contribution in [2.75, 3.05) is 13.2 Å². The van der Waals surface area contributed by atoms with E-state index < -0.39 is 6.72 Å². The second kappa shape index (κ2) is 7.89. The number of rotatable bonds is 8. The molecule has 0 saturated heterocycles. The first kappa shape index (κ1) is 13.5. The van der Waals surface area contributed by atoms with Crippen molar-refractivity contribution in [1.82, 2.24) is 0 Å². The summed E-state index contributed by atoms with van der Waals surface area (Å²) in [7, 11) is 0. The molecular weight excluding hydrogens is 207 g/mol. The summed E-state index contributed by atoms with van der Waals surface area (Å²) in [6, 6.07) is 0. The molecule has 0 aromatic carbocycles. The van der Waals surface area contributed by atoms with E-state index >= 15 is 0 Å². The van der Waals surface area contributed by atoms with E-state index in [1.165, 1.54) is 0 Å². The summed E-state index contributed by atoms with van der Waals surface area (Å²) in [4.78, 5) is 11.3. The lowest BCUT2D eigenvalue weighted by Crippen LogP contribution is -2.09. The highest BCUT2D eigenvalue weighted by Gasteiger charge is 2.02. The average molecular weight is 225 g/mol. The van der Waals surface area contributed by atoms with Crippen LogP contribution in [0.3, 0.4) is 0 Å². The fourth-order valence-electron chi connectivity index (χ4n) is 0.679. The largest absolute Gasteiger partial charge is 0.780 e. The SMILES string of the molecule is CCCCOP([O-])(=S)OCCCC. The van der Waals surface area contributed by atoms with Gasteiger partial charge in [0.1, 0.15) is 6.72 Å². The van der Waals surface area contributed by atoms with Crippen LogP contribution in [0, 0.1) is 0 Å². The Morgan fingerprint density at radius 2 is 1.46 bits per heavy atom. The van der Waals surface area contributed by atoms with Gasteiger partial charge in [0.05, 0.1) is 13.2 Å². The Hall–Kier alpha value is 0.530. The smallest absolute Gasteiger partial charge is 0.115 e. The molecule has 0 unspecified atom stereocenters. The molecule has 80 valence electrons. The van der Waals surface area contributed by atoms with Crippen molar-refractivity contribution in [3.63, 3.8) is 0 Å². The Morgan fingerprint density at radius 1 is 1.08 bits per heavy atom. The normalized spacial score (nSPS) is 11.9. The van der Waals surface area contributed by atoms with Crippen molar-refractivity contribution in [2.45, 2.75) is 39.5 Å². The van der Waals surface area contributed by atoms with E-state index in [9.17, 15) is 4.89 Å². The third-order valence-electron chi connectivity index (χ3n) is 1.49. The van der Waals surface area contributed by atoms with Gasteiger partial charge in [-0.05, 0) is 12.8 Å². The van der Waals surface area contributed by atoms with E-state index in [2.05, 4.69) is 11.8 Å². The number of hydrogen-bond acceptors (Lipinski definition) is 4. The molecular formula is C8H18O3PS-. The molecule has 0 spiro atoms. The molecule has 0 aliphatic carbocycles. The lowest BCUT2D eigenvalue weighted by molar-refractivity contribution is -0.206. The summed E-state index contributed by atoms with van der Waals surface area (Å²) < 4.78 is 9.93. The van der Waals surface area contributed by atoms with Crippen molar-refractivity contribution in [3.8, 4) is 0 Å². The molecule has 0 N–H and O–H groups in total. The van der Waals surface area contributed by atoms with Crippen molar-refractivity contribution in [2.24, 2.45) is 0 Å². The summed E-state index contributed by atoms with van der Waals surface area (Å²) >= 11 is 4.68. The van der Waals surface area contributed by atoms with Crippen LogP contribution in [0.25, 0.3) is 0 Å². The third kappa shape index (κ3) is 8.85. The first-order chi connectivity index (χ1) is 6.12. The minimum atomic E-state index is -3.17. The molecule has 0 aromatic heterocycles. The Kier molecular flexibility index (Phi) is 8.21. The molecule has 0 fully saturated rings. The molecule has 13 heavy (non-hydrogen) atoms. The predicted octanol–water partition coefficient (Wildman–Crippen LogP) is 2.20. The highest BCUT2D eigenvalue weighted by molar-refractivity contribution is 8.06. The van der Waals surface area contributed by atoms with Crippen molar-refractivity contribution < 1.29 is 13.9 Å². The van der Waals surface area contributed by atoms with Gasteiger partial charge in [-0.3, -0.25) is 0 Å². The maximum atomic E-state index is 11.3. The maximum absolute atomic E-state index is 11.3. The molecule has 0 atom stereocenters. The summed E-state index contributed by atoms with van der Waals surface area (Å²) in [5, 5.41) is 0. The van der Waals surface area contributed by atoms with Gasteiger partial charge in [-0.15, -0.1) is 0 Å². The van der Waals surface area contributed by atoms with Crippen molar-refractivity contribution >= 4 is 18.5 Å². The van der Waals surface area contributed by atoms with Crippen LogP contribution < -0.4 is 4.89 Å². The molecule has 5 heteroatoms. The highest BCUT2D eigenvalue weighted by atomic mass is 32.5. The standard InChI is InChI=1S/C8H19O3PS/c1-3-5-7-10-12(9,13)11-8-6-4-2/h3-8H2,1-2H3,(H,9,13)/p-1. The van der Waals surface area contributed by atoms with Gasteiger partial charge in [-0.1, -0.05) is 38.5 Å². The number of unbranched alkanes of at least 4 members (excludes halogenated alkanes) is 2. The Balaban J connectivity index is 3.49. The first-order valence-electron chi connectivity index (χ1n) is 4.72. The molecule has 0 bridgehead atoms. The van der Waals surface area contributed by atoms with Gasteiger partial charge in [0, 0.05) is 0 Å².